The first-order chi connectivity index (χ1) is 34.4. The number of aromatic nitrogens is 7. The van der Waals surface area contributed by atoms with Crippen molar-refractivity contribution in [3.8, 4) is 22.8 Å². The molecule has 1 aromatic carbocycles. The molecule has 8 heterocycles. The van der Waals surface area contributed by atoms with Gasteiger partial charge in [-0.3, -0.25) is 24.6 Å². The van der Waals surface area contributed by atoms with E-state index in [9.17, 15) is 19.2 Å². The number of carbonyl (C=O) groups is 4. The number of ether oxygens (including phenoxy) is 1. The Labute approximate surface area is 414 Å². The van der Waals surface area contributed by atoms with Gasteiger partial charge < -0.3 is 39.9 Å². The summed E-state index contributed by atoms with van der Waals surface area (Å²) in [6.07, 6.45) is 8.21. The Hall–Kier alpha value is -7.04. The first-order valence-corrected chi connectivity index (χ1v) is 24.8. The molecule has 5 aliphatic rings. The molecule has 1 atom stereocenters. The van der Waals surface area contributed by atoms with Crippen molar-refractivity contribution in [1.82, 2.24) is 54.9 Å². The highest BCUT2D eigenvalue weighted by molar-refractivity contribution is 6.02. The molecule has 72 heavy (non-hydrogen) atoms. The van der Waals surface area contributed by atoms with Crippen LogP contribution in [0.1, 0.15) is 84.8 Å². The van der Waals surface area contributed by atoms with Crippen molar-refractivity contribution >= 4 is 57.7 Å². The van der Waals surface area contributed by atoms with E-state index in [0.29, 0.717) is 105 Å². The molecule has 5 aromatic rings. The SMILES string of the molecule is CC(C)(C1CCN(C(=O)COC(=O)N2CCN(c3cnc(-c4c(-c5nn(C(C)(C)C)c6ncnc(N)c56)noc4C4CC4)nc3)CC2)CC1)N1CCN(c2cc(F)c(N[C@@H]3CCC(=O)NC3=O)cc2F)CC1. The summed E-state index contributed by atoms with van der Waals surface area (Å²) in [5.74, 6) is -0.534. The number of hydrogen-bond acceptors (Lipinski definition) is 17. The predicted octanol–water partition coefficient (Wildman–Crippen LogP) is 4.75. The molecular formula is C49H61F2N15O6. The van der Waals surface area contributed by atoms with E-state index in [2.05, 4.69) is 49.4 Å². The fourth-order valence-electron chi connectivity index (χ4n) is 10.5. The predicted molar refractivity (Wildman–Crippen MR) is 262 cm³/mol. The van der Waals surface area contributed by atoms with Crippen LogP contribution < -0.4 is 26.2 Å². The summed E-state index contributed by atoms with van der Waals surface area (Å²) in [6, 6.07) is 1.40. The highest BCUT2D eigenvalue weighted by Crippen LogP contribution is 2.48. The Bertz CT molecular complexity index is 2870. The summed E-state index contributed by atoms with van der Waals surface area (Å²) in [5, 5.41) is 15.0. The topological polar surface area (TPSA) is 239 Å². The van der Waals surface area contributed by atoms with Gasteiger partial charge in [0, 0.05) is 95.5 Å². The summed E-state index contributed by atoms with van der Waals surface area (Å²) in [7, 11) is 0. The zero-order chi connectivity index (χ0) is 50.6. The molecule has 0 spiro atoms. The summed E-state index contributed by atoms with van der Waals surface area (Å²) < 4.78 is 43.9. The molecule has 4 aromatic heterocycles. The number of nitrogens with zero attached hydrogens (tertiary/aromatic N) is 12. The molecule has 10 rings (SSSR count). The monoisotopic (exact) mass is 993 g/mol. The van der Waals surface area contributed by atoms with Gasteiger partial charge in [0.25, 0.3) is 5.91 Å². The molecule has 382 valence electrons. The third kappa shape index (κ3) is 9.57. The van der Waals surface area contributed by atoms with Gasteiger partial charge in [-0.1, -0.05) is 5.16 Å². The minimum Gasteiger partial charge on any atom is -0.439 e. The third-order valence-corrected chi connectivity index (χ3v) is 15.0. The van der Waals surface area contributed by atoms with Gasteiger partial charge in [-0.2, -0.15) is 5.10 Å². The van der Waals surface area contributed by atoms with Gasteiger partial charge in [0.1, 0.15) is 41.2 Å². The molecular weight excluding hydrogens is 933 g/mol. The number of nitrogens with one attached hydrogen (secondary N) is 2. The zero-order valence-electron chi connectivity index (χ0n) is 41.3. The average Bonchev–Trinajstić information content (AvgIpc) is 3.99. The number of rotatable bonds is 11. The standard InChI is InChI=1S/C49H61F2N15O6/c1-48(2,3)66-45-39(43(52)55-27-56-45)40(59-66)41-38(42(72-60-41)28-6-7-28)44-53-24-30(25-54-44)61-14-16-64(17-15-61)47(70)71-26-37(68)63-12-10-29(11-13-63)49(4,5)65-20-18-62(19-21-65)35-23-31(50)34(22-32(35)51)57-33-8-9-36(67)58-46(33)69/h22-25,27-29,33,57H,6-21,26H2,1-5H3,(H2,52,55,56)(H,58,67,69)/t33-/m1/s1. The number of imide groups is 1. The van der Waals surface area contributed by atoms with Gasteiger partial charge in [0.05, 0.1) is 45.9 Å². The quantitative estimate of drug-likeness (QED) is 0.151. The van der Waals surface area contributed by atoms with Crippen molar-refractivity contribution < 1.29 is 37.2 Å². The molecule has 1 saturated carbocycles. The van der Waals surface area contributed by atoms with E-state index in [-0.39, 0.29) is 65.8 Å². The van der Waals surface area contributed by atoms with Crippen LogP contribution in [0.25, 0.3) is 33.8 Å². The molecule has 0 bridgehead atoms. The lowest BCUT2D eigenvalue weighted by Gasteiger charge is -2.50. The fraction of sp³-hybridized carbons (Fsp3) is 0.551. The van der Waals surface area contributed by atoms with E-state index < -0.39 is 35.2 Å². The maximum atomic E-state index is 15.4. The van der Waals surface area contributed by atoms with Crippen LogP contribution in [0, 0.1) is 17.6 Å². The van der Waals surface area contributed by atoms with Crippen molar-refractivity contribution in [2.45, 2.75) is 96.2 Å². The average molecular weight is 994 g/mol. The van der Waals surface area contributed by atoms with Crippen LogP contribution >= 0.6 is 0 Å². The smallest absolute Gasteiger partial charge is 0.410 e. The van der Waals surface area contributed by atoms with Gasteiger partial charge in [-0.25, -0.2) is 38.2 Å². The van der Waals surface area contributed by atoms with Gasteiger partial charge in [-0.15, -0.1) is 0 Å². The molecule has 5 fully saturated rings. The number of halogens is 2. The van der Waals surface area contributed by atoms with E-state index in [0.717, 1.165) is 43.5 Å². The van der Waals surface area contributed by atoms with Crippen molar-refractivity contribution in [3.63, 3.8) is 0 Å². The third-order valence-electron chi connectivity index (χ3n) is 15.0. The normalized spacial score (nSPS) is 19.8. The number of amides is 4. The second-order valence-corrected chi connectivity index (χ2v) is 20.9. The Balaban J connectivity index is 0.682. The first-order valence-electron chi connectivity index (χ1n) is 24.8. The Morgan fingerprint density at radius 3 is 2.19 bits per heavy atom. The highest BCUT2D eigenvalue weighted by atomic mass is 19.1. The molecule has 1 aliphatic carbocycles. The van der Waals surface area contributed by atoms with Crippen LogP contribution in [0.5, 0.6) is 0 Å². The number of piperidine rings is 2. The van der Waals surface area contributed by atoms with Gasteiger partial charge >= 0.3 is 6.09 Å². The molecule has 21 nitrogen and oxygen atoms in total. The zero-order valence-corrected chi connectivity index (χ0v) is 41.3. The first kappa shape index (κ1) is 48.6. The van der Waals surface area contributed by atoms with Crippen LogP contribution in [0.2, 0.25) is 0 Å². The van der Waals surface area contributed by atoms with Gasteiger partial charge in [0.2, 0.25) is 11.8 Å². The molecule has 0 radical (unpaired) electrons. The molecule has 4 amide bonds. The maximum Gasteiger partial charge on any atom is 0.410 e. The van der Waals surface area contributed by atoms with Crippen LogP contribution in [-0.2, 0) is 24.7 Å². The van der Waals surface area contributed by atoms with E-state index >= 15 is 8.78 Å². The van der Waals surface area contributed by atoms with Crippen molar-refractivity contribution in [1.29, 1.82) is 0 Å². The van der Waals surface area contributed by atoms with Crippen LogP contribution in [-0.4, -0.2) is 157 Å². The van der Waals surface area contributed by atoms with Crippen molar-refractivity contribution in [2.24, 2.45) is 5.92 Å². The number of hydrogen-bond donors (Lipinski definition) is 3. The number of fused-ring (bicyclic) bond motifs is 1. The van der Waals surface area contributed by atoms with Gasteiger partial charge in [-0.05, 0) is 72.6 Å². The number of nitrogens with two attached hydrogens (primary N) is 1. The van der Waals surface area contributed by atoms with E-state index in [1.54, 1.807) is 22.2 Å². The molecule has 4 N–H and O–H groups in total. The summed E-state index contributed by atoms with van der Waals surface area (Å²) >= 11 is 0. The van der Waals surface area contributed by atoms with Crippen LogP contribution in [0.15, 0.2) is 35.4 Å². The second kappa shape index (κ2) is 19.2. The summed E-state index contributed by atoms with van der Waals surface area (Å²) in [5.41, 5.74) is 8.84. The lowest BCUT2D eigenvalue weighted by atomic mass is 9.78. The summed E-state index contributed by atoms with van der Waals surface area (Å²) in [4.78, 5) is 78.2. The fourth-order valence-corrected chi connectivity index (χ4v) is 10.5. The van der Waals surface area contributed by atoms with Crippen LogP contribution in [0.3, 0.4) is 0 Å². The van der Waals surface area contributed by atoms with E-state index in [4.69, 9.17) is 30.1 Å². The Morgan fingerprint density at radius 2 is 1.53 bits per heavy atom. The van der Waals surface area contributed by atoms with Gasteiger partial charge in [0.15, 0.2) is 23.8 Å². The number of anilines is 4. The lowest BCUT2D eigenvalue weighted by Crippen LogP contribution is -2.59. The molecule has 4 aliphatic heterocycles. The number of piperazine rings is 2. The molecule has 0 unspecified atom stereocenters. The number of benzene rings is 1. The largest absolute Gasteiger partial charge is 0.439 e. The molecule has 23 heteroatoms. The number of nitrogen functional groups attached to an aromatic ring is 1. The number of likely N-dealkylation sites (tertiary alicyclic amines) is 1. The highest BCUT2D eigenvalue weighted by Gasteiger charge is 2.41. The Morgan fingerprint density at radius 1 is 0.833 bits per heavy atom. The lowest BCUT2D eigenvalue weighted by molar-refractivity contribution is -0.137. The van der Waals surface area contributed by atoms with Crippen molar-refractivity contribution in [2.75, 3.05) is 92.9 Å². The Kier molecular flexibility index (Phi) is 12.9. The minimum absolute atomic E-state index is 0.120. The summed E-state index contributed by atoms with van der Waals surface area (Å²) in [6.45, 7) is 15.3. The second-order valence-electron chi connectivity index (χ2n) is 20.9. The van der Waals surface area contributed by atoms with E-state index in [1.165, 1.54) is 6.33 Å². The van der Waals surface area contributed by atoms with Crippen molar-refractivity contribution in [3.05, 3.63) is 48.2 Å². The molecule has 4 saturated heterocycles. The maximum absolute atomic E-state index is 15.4. The number of carbonyl (C=O) groups excluding carboxylic acids is 4. The van der Waals surface area contributed by atoms with E-state index in [1.807, 2.05) is 30.4 Å². The van der Waals surface area contributed by atoms with Crippen LogP contribution in [0.4, 0.5) is 36.5 Å². The minimum atomic E-state index is -0.827.